The van der Waals surface area contributed by atoms with Gasteiger partial charge in [-0.25, -0.2) is 9.78 Å². The Morgan fingerprint density at radius 3 is 1.70 bits per heavy atom. The third-order valence-corrected chi connectivity index (χ3v) is 24.2. The van der Waals surface area contributed by atoms with Crippen LogP contribution in [0.5, 0.6) is 5.75 Å². The normalized spacial score (nSPS) is 18.8. The van der Waals surface area contributed by atoms with E-state index in [9.17, 15) is 73.5 Å². The number of carbonyl (C=O) groups is 12. The van der Waals surface area contributed by atoms with Gasteiger partial charge in [0.15, 0.2) is 18.0 Å². The van der Waals surface area contributed by atoms with Crippen LogP contribution < -0.4 is 42.4 Å². The van der Waals surface area contributed by atoms with Gasteiger partial charge in [0.1, 0.15) is 59.4 Å². The molecule has 138 heavy (non-hydrogen) atoms. The first kappa shape index (κ1) is 119. The highest BCUT2D eigenvalue weighted by atomic mass is 32.1. The molecule has 3 heterocycles. The van der Waals surface area contributed by atoms with Gasteiger partial charge in [-0.2, -0.15) is 0 Å². The average molecular weight is 1980 g/mol. The zero-order valence-corrected chi connectivity index (χ0v) is 82.1. The lowest BCUT2D eigenvalue weighted by Gasteiger charge is -2.45. The first-order valence-electron chi connectivity index (χ1n) is 47.5. The minimum absolute atomic E-state index is 0.0244. The van der Waals surface area contributed by atoms with Crippen LogP contribution in [0, 0.1) is 23.7 Å². The number of benzene rings is 2. The highest BCUT2D eigenvalue weighted by Crippen LogP contribution is 2.37. The number of ketones is 1. The number of Topliss-reactive ketones (excluding diaryl/α,β-unsaturated/α-hetero) is 1. The second kappa shape index (κ2) is 68.2. The number of ether oxygens (including phenoxy) is 15. The van der Waals surface area contributed by atoms with E-state index >= 15 is 9.59 Å². The number of piperidine rings is 1. The molecule has 1 unspecified atom stereocenters. The molecule has 0 saturated carbocycles. The minimum atomic E-state index is -2.08. The Morgan fingerprint density at radius 2 is 1.17 bits per heavy atom. The SMILES string of the molecule is CC[C@H](C)[C@H](CC(=O)[C@H]1CCCC[N+]1(C)Cc1ccc(O[C@@H]2O[C@H](C(=O)O)[C@@H](O)[C@H](O)[C@H]2O)c(NC(=O)CCNC(=O)[C@H](CCCCNC(=O)CCOCCOCCOCCOCCOCCOCCOCCOCCOCCOCCOCCOC)NC(=O)[C@H](CN)NC(=O)CCC(=O)O)c1)C(=O)N(C)[C@H](C[C@@H](OC(C)=O)c1nc(C(=O)N[C@@H](Cc2ccccc2)C[C@H](C)C(=O)O)cs1)C(C)C. The number of nitrogens with one attached hydrogen (secondary N) is 6. The number of aliphatic hydroxyl groups is 3. The van der Waals surface area contributed by atoms with Gasteiger partial charge in [0.2, 0.25) is 41.7 Å². The zero-order chi connectivity index (χ0) is 101. The molecule has 7 amide bonds. The summed E-state index contributed by atoms with van der Waals surface area (Å²) in [4.78, 5) is 166. The highest BCUT2D eigenvalue weighted by molar-refractivity contribution is 7.09. The smallest absolute Gasteiger partial charge is 0.335 e. The molecular formula is C94H151N10O33S+. The van der Waals surface area contributed by atoms with Gasteiger partial charge in [0.05, 0.1) is 184 Å². The number of carboxylic acid groups (broad SMARTS) is 3. The summed E-state index contributed by atoms with van der Waals surface area (Å²) in [6, 6.07) is 9.31. The van der Waals surface area contributed by atoms with Gasteiger partial charge in [0.25, 0.3) is 5.91 Å². The lowest BCUT2D eigenvalue weighted by atomic mass is 9.82. The number of methoxy groups -OCH3 is 1. The monoisotopic (exact) mass is 1980 g/mol. The number of carboxylic acids is 3. The predicted molar refractivity (Wildman–Crippen MR) is 500 cm³/mol. The number of likely N-dealkylation sites (N-methyl/N-ethyl adjacent to an activating group) is 1. The summed E-state index contributed by atoms with van der Waals surface area (Å²) in [5.41, 5.74) is 7.24. The maximum Gasteiger partial charge on any atom is 0.335 e. The second-order valence-electron chi connectivity index (χ2n) is 34.4. The summed E-state index contributed by atoms with van der Waals surface area (Å²) in [5, 5.41) is 79.2. The van der Waals surface area contributed by atoms with Crippen molar-refractivity contribution in [2.45, 2.75) is 211 Å². The molecule has 2 saturated heterocycles. The van der Waals surface area contributed by atoms with Crippen molar-refractivity contribution >= 4 is 88.0 Å². The van der Waals surface area contributed by atoms with E-state index in [4.69, 9.17) is 81.9 Å². The molecule has 2 aliphatic rings. The van der Waals surface area contributed by atoms with Crippen molar-refractivity contribution in [3.8, 4) is 5.75 Å². The number of aliphatic hydroxyl groups excluding tert-OH is 3. The predicted octanol–water partition coefficient (Wildman–Crippen LogP) is 2.91. The Morgan fingerprint density at radius 1 is 0.609 bits per heavy atom. The van der Waals surface area contributed by atoms with Crippen molar-refractivity contribution < 1.29 is 164 Å². The Kier molecular flexibility index (Phi) is 59.0. The molecule has 2 aromatic carbocycles. The lowest BCUT2D eigenvalue weighted by molar-refractivity contribution is -0.941. The van der Waals surface area contributed by atoms with Crippen LogP contribution in [0.2, 0.25) is 0 Å². The number of hydrogen-bond acceptors (Lipinski definition) is 33. The molecule has 0 spiro atoms. The molecule has 0 bridgehead atoms. The van der Waals surface area contributed by atoms with Crippen LogP contribution >= 0.6 is 11.3 Å². The fourth-order valence-corrected chi connectivity index (χ4v) is 16.2. The zero-order valence-electron chi connectivity index (χ0n) is 81.3. The Bertz CT molecular complexity index is 4090. The van der Waals surface area contributed by atoms with E-state index in [-0.39, 0.29) is 129 Å². The number of rotatable bonds is 77. The standard InChI is InChI=1S/C94H150N10O33S/c1-10-63(4)69(91(118)103(7)74(62(2)3)58-78(135-65(6)105)90-102-73(61-138-90)89(117)98-68(54-64(5)92(119)120)55-66-18-12-11-13-19-66)57-76(106)75-21-15-17-30-104(75,8)60-67-22-23-77(136-94-85(114)83(112)84(113)86(137-94)93(121)122)71(56-67)99-81(109)26-29-97-87(115)70(101-88(116)72(59-95)100-80(108)24-25-82(110)111)20-14-16-28-96-79(107)27-31-124-34-35-126-38-39-128-42-43-130-46-47-132-50-51-134-53-52-133-49-48-131-45-44-129-41-40-127-37-36-125-33-32-123-9/h11-13,18-19,22-23,56,61-64,68-70,72,74-75,78,83-86,94,112-114H,10,14-17,20-21,24-55,57-60,95H2,1-9H3,(H8-,96,97,98,99,100,101,107,108,109,110,111,115,116,117,119,120,121,122)/p+1/t63-,64-,68+,69-,70-,72-,74+,75+,78+,83-,84-,85+,86-,94+,104?/m0/s1. The molecular weight excluding hydrogens is 1830 g/mol. The fraction of sp³-hybridized carbons (Fsp3) is 0.713. The van der Waals surface area contributed by atoms with E-state index in [2.05, 4.69) is 36.9 Å². The number of quaternary nitrogens is 1. The molecule has 1 aromatic heterocycles. The van der Waals surface area contributed by atoms with E-state index in [1.807, 2.05) is 65.1 Å². The summed E-state index contributed by atoms with van der Waals surface area (Å²) in [5.74, 6) is -11.5. The van der Waals surface area contributed by atoms with Crippen LogP contribution in [-0.4, -0.2) is 376 Å². The molecule has 14 N–H and O–H groups in total. The first-order chi connectivity index (χ1) is 66.2. The van der Waals surface area contributed by atoms with Crippen LogP contribution in [0.4, 0.5) is 5.69 Å². The number of hydrogen-bond donors (Lipinski definition) is 13. The maximum atomic E-state index is 15.3. The molecule has 43 nitrogen and oxygen atoms in total. The van der Waals surface area contributed by atoms with Crippen molar-refractivity contribution in [3.63, 3.8) is 0 Å². The third kappa shape index (κ3) is 46.6. The number of esters is 1. The van der Waals surface area contributed by atoms with Gasteiger partial charge >= 0.3 is 23.9 Å². The van der Waals surface area contributed by atoms with E-state index in [1.54, 1.807) is 32.0 Å². The van der Waals surface area contributed by atoms with E-state index < -0.39 is 158 Å². The molecule has 2 fully saturated rings. The highest BCUT2D eigenvalue weighted by Gasteiger charge is 2.49. The number of anilines is 1. The van der Waals surface area contributed by atoms with Crippen molar-refractivity contribution in [2.75, 3.05) is 205 Å². The second-order valence-corrected chi connectivity index (χ2v) is 35.3. The summed E-state index contributed by atoms with van der Waals surface area (Å²) >= 11 is 1.09. The maximum absolute atomic E-state index is 15.3. The summed E-state index contributed by atoms with van der Waals surface area (Å²) < 4.78 is 83.0. The molecule has 3 aromatic rings. The summed E-state index contributed by atoms with van der Waals surface area (Å²) in [6.07, 6.45) is -9.37. The quantitative estimate of drug-likeness (QED) is 0.0219. The number of nitrogens with two attached hydrogens (primary N) is 1. The molecule has 0 radical (unpaired) electrons. The number of unbranched alkanes of at least 4 members (excludes halogenated alkanes) is 1. The van der Waals surface area contributed by atoms with Crippen LogP contribution in [0.3, 0.4) is 0 Å². The Labute approximate surface area is 811 Å². The van der Waals surface area contributed by atoms with E-state index in [1.165, 1.54) is 24.4 Å². The summed E-state index contributed by atoms with van der Waals surface area (Å²) in [7, 11) is 5.19. The first-order valence-corrected chi connectivity index (χ1v) is 48.3. The number of aromatic nitrogens is 1. The topological polar surface area (TPSA) is 579 Å². The van der Waals surface area contributed by atoms with Crippen LogP contribution in [-0.2, 0) is 132 Å². The largest absolute Gasteiger partial charge is 0.481 e. The van der Waals surface area contributed by atoms with Gasteiger partial charge in [-0.1, -0.05) is 71.4 Å². The molecule has 44 heteroatoms. The van der Waals surface area contributed by atoms with Crippen molar-refractivity contribution in [1.82, 2.24) is 36.5 Å². The van der Waals surface area contributed by atoms with Gasteiger partial charge in [-0.05, 0) is 80.5 Å². The van der Waals surface area contributed by atoms with Gasteiger partial charge in [-0.15, -0.1) is 11.3 Å². The molecule has 0 aliphatic carbocycles. The van der Waals surface area contributed by atoms with Crippen LogP contribution in [0.1, 0.15) is 164 Å². The Hall–Kier alpha value is -9.01. The van der Waals surface area contributed by atoms with Crippen LogP contribution in [0.25, 0.3) is 0 Å². The summed E-state index contributed by atoms with van der Waals surface area (Å²) in [6.45, 7) is 19.7. The fourth-order valence-electron chi connectivity index (χ4n) is 15.3. The number of nitrogens with zero attached hydrogens (tertiary/aromatic N) is 3. The van der Waals surface area contributed by atoms with Crippen molar-refractivity contribution in [1.29, 1.82) is 0 Å². The molecule has 780 valence electrons. The lowest BCUT2D eigenvalue weighted by Crippen LogP contribution is -2.61. The Balaban J connectivity index is 1.13. The van der Waals surface area contributed by atoms with Gasteiger partial charge < -0.3 is 149 Å². The molecule has 15 atom stereocenters. The average Bonchev–Trinajstić information content (AvgIpc) is 1.08. The van der Waals surface area contributed by atoms with E-state index in [0.717, 1.165) is 16.9 Å². The molecule has 2 aliphatic heterocycles. The minimum Gasteiger partial charge on any atom is -0.481 e. The third-order valence-electron chi connectivity index (χ3n) is 23.2. The van der Waals surface area contributed by atoms with Gasteiger partial charge in [-0.3, -0.25) is 52.7 Å². The molecule has 5 rings (SSSR count). The number of carbonyl (C=O) groups excluding carboxylic acids is 9. The number of thiazole rings is 1. The van der Waals surface area contributed by atoms with Crippen molar-refractivity contribution in [3.05, 3.63) is 75.7 Å². The van der Waals surface area contributed by atoms with Crippen molar-refractivity contribution in [2.24, 2.45) is 29.4 Å². The number of likely N-dealkylation sites (tertiary alicyclic amines) is 1. The van der Waals surface area contributed by atoms with Gasteiger partial charge in [0, 0.05) is 108 Å². The number of amides is 7. The van der Waals surface area contributed by atoms with E-state index in [0.29, 0.717) is 188 Å². The van der Waals surface area contributed by atoms with Crippen LogP contribution in [0.15, 0.2) is 53.9 Å². The number of aliphatic carboxylic acids is 3.